The van der Waals surface area contributed by atoms with Gasteiger partial charge in [0, 0.05) is 12.1 Å². The first kappa shape index (κ1) is 11.4. The molecule has 0 bridgehead atoms. The number of hydrogen-bond acceptors (Lipinski definition) is 3. The lowest BCUT2D eigenvalue weighted by molar-refractivity contribution is 0.293. The topological polar surface area (TPSA) is 38.5 Å². The van der Waals surface area contributed by atoms with Crippen molar-refractivity contribution in [2.24, 2.45) is 5.73 Å². The number of para-hydroxylation sites is 1. The van der Waals surface area contributed by atoms with Crippen molar-refractivity contribution < 1.29 is 4.74 Å². The van der Waals surface area contributed by atoms with E-state index in [1.807, 2.05) is 12.1 Å². The molecule has 16 heavy (non-hydrogen) atoms. The highest BCUT2D eigenvalue weighted by Crippen LogP contribution is 2.24. The minimum absolute atomic E-state index is 0.287. The molecule has 2 N–H and O–H groups in total. The molecule has 1 fully saturated rings. The van der Waals surface area contributed by atoms with E-state index in [1.165, 1.54) is 5.56 Å². The lowest BCUT2D eigenvalue weighted by Crippen LogP contribution is -2.39. The number of nitrogens with zero attached hydrogens (tertiary/aromatic N) is 1. The summed E-state index contributed by atoms with van der Waals surface area (Å²) < 4.78 is 5.37. The standard InChI is InChI=1S/C13H20N2O/c1-15-8-7-11(14)12(15)9-10-5-3-4-6-13(10)16-2/h3-6,11-12H,7-9,14H2,1-2H3. The molecular weight excluding hydrogens is 200 g/mol. The highest BCUT2D eigenvalue weighted by Gasteiger charge is 2.29. The molecule has 0 aliphatic carbocycles. The van der Waals surface area contributed by atoms with Crippen LogP contribution in [0.3, 0.4) is 0 Å². The van der Waals surface area contributed by atoms with Gasteiger partial charge in [-0.25, -0.2) is 0 Å². The van der Waals surface area contributed by atoms with Gasteiger partial charge in [0.05, 0.1) is 7.11 Å². The van der Waals surface area contributed by atoms with Gasteiger partial charge in [-0.1, -0.05) is 18.2 Å². The molecule has 88 valence electrons. The molecule has 1 aromatic carbocycles. The van der Waals surface area contributed by atoms with E-state index in [4.69, 9.17) is 10.5 Å². The van der Waals surface area contributed by atoms with E-state index in [0.29, 0.717) is 6.04 Å². The van der Waals surface area contributed by atoms with E-state index < -0.39 is 0 Å². The zero-order chi connectivity index (χ0) is 11.5. The molecule has 3 heteroatoms. The fourth-order valence-electron chi connectivity index (χ4n) is 2.44. The van der Waals surface area contributed by atoms with Gasteiger partial charge in [-0.3, -0.25) is 0 Å². The van der Waals surface area contributed by atoms with E-state index >= 15 is 0 Å². The lowest BCUT2D eigenvalue weighted by atomic mass is 10.0. The summed E-state index contributed by atoms with van der Waals surface area (Å²) in [5, 5.41) is 0. The van der Waals surface area contributed by atoms with Crippen LogP contribution in [-0.2, 0) is 6.42 Å². The van der Waals surface area contributed by atoms with Crippen molar-refractivity contribution in [2.75, 3.05) is 20.7 Å². The molecule has 3 nitrogen and oxygen atoms in total. The summed E-state index contributed by atoms with van der Waals surface area (Å²) in [7, 11) is 3.87. The van der Waals surface area contributed by atoms with E-state index in [1.54, 1.807) is 7.11 Å². The van der Waals surface area contributed by atoms with Gasteiger partial charge in [-0.2, -0.15) is 0 Å². The molecule has 1 heterocycles. The zero-order valence-electron chi connectivity index (χ0n) is 10.0. The largest absolute Gasteiger partial charge is 0.496 e. The monoisotopic (exact) mass is 220 g/mol. The molecule has 1 aliphatic rings. The average molecular weight is 220 g/mol. The van der Waals surface area contributed by atoms with E-state index in [9.17, 15) is 0 Å². The average Bonchev–Trinajstić information content (AvgIpc) is 2.61. The number of methoxy groups -OCH3 is 1. The molecule has 0 saturated carbocycles. The van der Waals surface area contributed by atoms with Crippen LogP contribution in [0, 0.1) is 0 Å². The third kappa shape index (κ3) is 2.20. The second-order valence-corrected chi connectivity index (χ2v) is 4.52. The Bertz CT molecular complexity index is 344. The van der Waals surface area contributed by atoms with E-state index in [-0.39, 0.29) is 6.04 Å². The number of hydrogen-bond donors (Lipinski definition) is 1. The molecule has 2 unspecified atom stereocenters. The van der Waals surface area contributed by atoms with Crippen molar-refractivity contribution in [3.63, 3.8) is 0 Å². The van der Waals surface area contributed by atoms with Gasteiger partial charge in [0.25, 0.3) is 0 Å². The number of likely N-dealkylation sites (N-methyl/N-ethyl adjacent to an activating group) is 1. The van der Waals surface area contributed by atoms with Gasteiger partial charge in [0.2, 0.25) is 0 Å². The predicted molar refractivity (Wildman–Crippen MR) is 65.7 cm³/mol. The van der Waals surface area contributed by atoms with Gasteiger partial charge in [0.1, 0.15) is 5.75 Å². The van der Waals surface area contributed by atoms with Crippen LogP contribution in [0.4, 0.5) is 0 Å². The molecular formula is C13H20N2O. The Hall–Kier alpha value is -1.06. The summed E-state index contributed by atoms with van der Waals surface area (Å²) in [4.78, 5) is 2.34. The summed E-state index contributed by atoms with van der Waals surface area (Å²) in [6.45, 7) is 1.10. The van der Waals surface area contributed by atoms with Gasteiger partial charge in [-0.05, 0) is 38.1 Å². The maximum Gasteiger partial charge on any atom is 0.122 e. The van der Waals surface area contributed by atoms with Crippen molar-refractivity contribution in [3.05, 3.63) is 29.8 Å². The fraction of sp³-hybridized carbons (Fsp3) is 0.538. The third-order valence-corrected chi connectivity index (χ3v) is 3.50. The Morgan fingerprint density at radius 1 is 1.44 bits per heavy atom. The van der Waals surface area contributed by atoms with Crippen LogP contribution in [0.1, 0.15) is 12.0 Å². The molecule has 1 aromatic rings. The highest BCUT2D eigenvalue weighted by molar-refractivity contribution is 5.34. The second-order valence-electron chi connectivity index (χ2n) is 4.52. The van der Waals surface area contributed by atoms with Gasteiger partial charge >= 0.3 is 0 Å². The number of rotatable bonds is 3. The van der Waals surface area contributed by atoms with Crippen LogP contribution in [-0.4, -0.2) is 37.7 Å². The van der Waals surface area contributed by atoms with Crippen LogP contribution in [0.15, 0.2) is 24.3 Å². The highest BCUT2D eigenvalue weighted by atomic mass is 16.5. The van der Waals surface area contributed by atoms with Gasteiger partial charge < -0.3 is 15.4 Å². The maximum absolute atomic E-state index is 6.13. The number of ether oxygens (including phenoxy) is 1. The van der Waals surface area contributed by atoms with Crippen molar-refractivity contribution in [2.45, 2.75) is 24.9 Å². The lowest BCUT2D eigenvalue weighted by Gasteiger charge is -2.23. The Balaban J connectivity index is 2.13. The predicted octanol–water partition coefficient (Wildman–Crippen LogP) is 1.27. The molecule has 2 rings (SSSR count). The minimum Gasteiger partial charge on any atom is -0.496 e. The van der Waals surface area contributed by atoms with Crippen LogP contribution in [0.5, 0.6) is 5.75 Å². The number of likely N-dealkylation sites (tertiary alicyclic amines) is 1. The van der Waals surface area contributed by atoms with Crippen LogP contribution >= 0.6 is 0 Å². The van der Waals surface area contributed by atoms with Crippen LogP contribution < -0.4 is 10.5 Å². The van der Waals surface area contributed by atoms with Crippen LogP contribution in [0.25, 0.3) is 0 Å². The summed E-state index contributed by atoms with van der Waals surface area (Å²) >= 11 is 0. The smallest absolute Gasteiger partial charge is 0.122 e. The second kappa shape index (κ2) is 4.85. The number of nitrogens with two attached hydrogens (primary N) is 1. The summed E-state index contributed by atoms with van der Waals surface area (Å²) in [5.74, 6) is 0.968. The minimum atomic E-state index is 0.287. The SMILES string of the molecule is COc1ccccc1CC1C(N)CCN1C. The van der Waals surface area contributed by atoms with Crippen LogP contribution in [0.2, 0.25) is 0 Å². The number of benzene rings is 1. The van der Waals surface area contributed by atoms with E-state index in [2.05, 4.69) is 24.1 Å². The maximum atomic E-state index is 6.13. The molecule has 0 spiro atoms. The first-order chi connectivity index (χ1) is 7.72. The Morgan fingerprint density at radius 3 is 2.81 bits per heavy atom. The van der Waals surface area contributed by atoms with E-state index in [0.717, 1.165) is 25.1 Å². The molecule has 1 saturated heterocycles. The van der Waals surface area contributed by atoms with Crippen molar-refractivity contribution in [1.82, 2.24) is 4.90 Å². The molecule has 0 radical (unpaired) electrons. The first-order valence-electron chi connectivity index (χ1n) is 5.80. The summed E-state index contributed by atoms with van der Waals surface area (Å²) in [5.41, 5.74) is 7.38. The molecule has 1 aliphatic heterocycles. The molecule has 2 atom stereocenters. The Morgan fingerprint density at radius 2 is 2.19 bits per heavy atom. The zero-order valence-corrected chi connectivity index (χ0v) is 10.0. The summed E-state index contributed by atoms with van der Waals surface area (Å²) in [6, 6.07) is 8.91. The molecule has 0 amide bonds. The fourth-order valence-corrected chi connectivity index (χ4v) is 2.44. The Labute approximate surface area is 97.2 Å². The molecule has 0 aromatic heterocycles. The Kier molecular flexibility index (Phi) is 3.46. The van der Waals surface area contributed by atoms with Crippen molar-refractivity contribution >= 4 is 0 Å². The van der Waals surface area contributed by atoms with Gasteiger partial charge in [-0.15, -0.1) is 0 Å². The first-order valence-corrected chi connectivity index (χ1v) is 5.80. The normalized spacial score (nSPS) is 25.9. The third-order valence-electron chi connectivity index (χ3n) is 3.50. The quantitative estimate of drug-likeness (QED) is 0.833. The van der Waals surface area contributed by atoms with Crippen molar-refractivity contribution in [3.8, 4) is 5.75 Å². The summed E-state index contributed by atoms with van der Waals surface area (Å²) in [6.07, 6.45) is 2.07. The van der Waals surface area contributed by atoms with Crippen molar-refractivity contribution in [1.29, 1.82) is 0 Å². The van der Waals surface area contributed by atoms with Gasteiger partial charge in [0.15, 0.2) is 0 Å².